The lowest BCUT2D eigenvalue weighted by Gasteiger charge is -2.19. The van der Waals surface area contributed by atoms with Crippen LogP contribution < -0.4 is 15.8 Å². The Morgan fingerprint density at radius 3 is 2.50 bits per heavy atom. The maximum absolute atomic E-state index is 12.2. The van der Waals surface area contributed by atoms with Crippen LogP contribution in [0.2, 0.25) is 5.02 Å². The zero-order chi connectivity index (χ0) is 19.1. The predicted octanol–water partition coefficient (Wildman–Crippen LogP) is 3.42. The number of hydrogen-bond acceptors (Lipinski definition) is 4. The van der Waals surface area contributed by atoms with E-state index in [9.17, 15) is 9.59 Å². The molecule has 0 aliphatic heterocycles. The quantitative estimate of drug-likeness (QED) is 0.726. The van der Waals surface area contributed by atoms with Crippen LogP contribution in [-0.4, -0.2) is 36.4 Å². The Hall–Kier alpha value is -2.73. The lowest BCUT2D eigenvalue weighted by atomic mass is 10.2. The van der Waals surface area contributed by atoms with Crippen molar-refractivity contribution in [3.05, 3.63) is 53.1 Å². The van der Waals surface area contributed by atoms with Gasteiger partial charge >= 0.3 is 0 Å². The predicted molar refractivity (Wildman–Crippen MR) is 104 cm³/mol. The lowest BCUT2D eigenvalue weighted by molar-refractivity contribution is -0.132. The second kappa shape index (κ2) is 9.10. The number of nitrogen functional groups attached to an aromatic ring is 1. The van der Waals surface area contributed by atoms with Crippen molar-refractivity contribution < 1.29 is 14.3 Å². The summed E-state index contributed by atoms with van der Waals surface area (Å²) in [5, 5.41) is 3.05. The molecule has 0 aliphatic rings. The van der Waals surface area contributed by atoms with Crippen molar-refractivity contribution in [2.45, 2.75) is 13.8 Å². The van der Waals surface area contributed by atoms with Crippen molar-refractivity contribution in [2.75, 3.05) is 30.7 Å². The SMILES string of the molecule is CCN(CC)C(=O)COc1ccc(NC(=O)c2cccc(N)c2)cc1Cl. The van der Waals surface area contributed by atoms with Gasteiger partial charge in [0.2, 0.25) is 0 Å². The fraction of sp³-hybridized carbons (Fsp3) is 0.263. The van der Waals surface area contributed by atoms with E-state index in [2.05, 4.69) is 5.32 Å². The van der Waals surface area contributed by atoms with E-state index in [0.29, 0.717) is 40.8 Å². The summed E-state index contributed by atoms with van der Waals surface area (Å²) in [5.41, 5.74) is 7.16. The van der Waals surface area contributed by atoms with Crippen molar-refractivity contribution in [1.29, 1.82) is 0 Å². The number of ether oxygens (including phenoxy) is 1. The minimum atomic E-state index is -0.293. The molecule has 2 amide bonds. The van der Waals surface area contributed by atoms with Gasteiger partial charge in [0.05, 0.1) is 5.02 Å². The van der Waals surface area contributed by atoms with Crippen LogP contribution in [0.1, 0.15) is 24.2 Å². The molecule has 0 bridgehead atoms. The van der Waals surface area contributed by atoms with Gasteiger partial charge in [-0.3, -0.25) is 9.59 Å². The molecule has 0 spiro atoms. The van der Waals surface area contributed by atoms with Gasteiger partial charge in [0.25, 0.3) is 11.8 Å². The van der Waals surface area contributed by atoms with E-state index in [4.69, 9.17) is 22.1 Å². The molecular formula is C19H22ClN3O3. The molecule has 0 fully saturated rings. The van der Waals surface area contributed by atoms with E-state index in [-0.39, 0.29) is 18.4 Å². The number of rotatable bonds is 7. The highest BCUT2D eigenvalue weighted by atomic mass is 35.5. The van der Waals surface area contributed by atoms with Gasteiger partial charge in [-0.25, -0.2) is 0 Å². The number of carbonyl (C=O) groups excluding carboxylic acids is 2. The Morgan fingerprint density at radius 2 is 1.88 bits per heavy atom. The first-order valence-corrected chi connectivity index (χ1v) is 8.69. The number of nitrogens with two attached hydrogens (primary N) is 1. The van der Waals surface area contributed by atoms with Crippen LogP contribution in [0.4, 0.5) is 11.4 Å². The Bertz CT molecular complexity index is 791. The Labute approximate surface area is 157 Å². The number of likely N-dealkylation sites (N-methyl/N-ethyl adjacent to an activating group) is 1. The zero-order valence-corrected chi connectivity index (χ0v) is 15.5. The first kappa shape index (κ1) is 19.6. The van der Waals surface area contributed by atoms with Crippen LogP contribution in [0.3, 0.4) is 0 Å². The highest BCUT2D eigenvalue weighted by Gasteiger charge is 2.12. The average molecular weight is 376 g/mol. The topological polar surface area (TPSA) is 84.7 Å². The number of amides is 2. The molecule has 0 heterocycles. The Morgan fingerprint density at radius 1 is 1.15 bits per heavy atom. The third-order valence-electron chi connectivity index (χ3n) is 3.81. The summed E-state index contributed by atoms with van der Waals surface area (Å²) >= 11 is 6.19. The van der Waals surface area contributed by atoms with Gasteiger partial charge in [-0.15, -0.1) is 0 Å². The van der Waals surface area contributed by atoms with Crippen molar-refractivity contribution >= 4 is 34.8 Å². The van der Waals surface area contributed by atoms with Gasteiger partial charge in [0, 0.05) is 30.0 Å². The van der Waals surface area contributed by atoms with Crippen molar-refractivity contribution in [3.63, 3.8) is 0 Å². The highest BCUT2D eigenvalue weighted by Crippen LogP contribution is 2.28. The summed E-state index contributed by atoms with van der Waals surface area (Å²) in [5.74, 6) is -0.0158. The van der Waals surface area contributed by atoms with Crippen molar-refractivity contribution in [2.24, 2.45) is 0 Å². The molecule has 0 aromatic heterocycles. The zero-order valence-electron chi connectivity index (χ0n) is 14.8. The van der Waals surface area contributed by atoms with E-state index < -0.39 is 0 Å². The fourth-order valence-electron chi connectivity index (χ4n) is 2.39. The van der Waals surface area contributed by atoms with Gasteiger partial charge in [-0.05, 0) is 50.2 Å². The summed E-state index contributed by atoms with van der Waals surface area (Å²) in [6.07, 6.45) is 0. The van der Waals surface area contributed by atoms with Gasteiger partial charge in [0.15, 0.2) is 6.61 Å². The van der Waals surface area contributed by atoms with E-state index in [1.54, 1.807) is 47.4 Å². The minimum Gasteiger partial charge on any atom is -0.482 e. The Balaban J connectivity index is 2.00. The van der Waals surface area contributed by atoms with Crippen LogP contribution in [0.25, 0.3) is 0 Å². The summed E-state index contributed by atoms with van der Waals surface area (Å²) in [6.45, 7) is 4.98. The minimum absolute atomic E-state index is 0.0869. The molecule has 0 radical (unpaired) electrons. The number of nitrogens with zero attached hydrogens (tertiary/aromatic N) is 1. The third kappa shape index (κ3) is 5.13. The highest BCUT2D eigenvalue weighted by molar-refractivity contribution is 6.32. The normalized spacial score (nSPS) is 10.3. The number of hydrogen-bond donors (Lipinski definition) is 2. The van der Waals surface area contributed by atoms with Crippen LogP contribution in [-0.2, 0) is 4.79 Å². The van der Waals surface area contributed by atoms with E-state index in [1.165, 1.54) is 0 Å². The molecule has 0 saturated heterocycles. The molecular weight excluding hydrogens is 354 g/mol. The summed E-state index contributed by atoms with van der Waals surface area (Å²) in [4.78, 5) is 25.9. The Kier molecular flexibility index (Phi) is 6.86. The van der Waals surface area contributed by atoms with Gasteiger partial charge in [-0.1, -0.05) is 17.7 Å². The summed E-state index contributed by atoms with van der Waals surface area (Å²) in [7, 11) is 0. The molecule has 6 nitrogen and oxygen atoms in total. The second-order valence-corrected chi connectivity index (χ2v) is 5.99. The van der Waals surface area contributed by atoms with Gasteiger partial charge < -0.3 is 20.7 Å². The molecule has 0 atom stereocenters. The molecule has 138 valence electrons. The van der Waals surface area contributed by atoms with Crippen molar-refractivity contribution in [3.8, 4) is 5.75 Å². The maximum Gasteiger partial charge on any atom is 0.260 e. The smallest absolute Gasteiger partial charge is 0.260 e. The first-order valence-electron chi connectivity index (χ1n) is 8.31. The van der Waals surface area contributed by atoms with Crippen LogP contribution in [0, 0.1) is 0 Å². The number of benzene rings is 2. The van der Waals surface area contributed by atoms with E-state index in [1.807, 2.05) is 13.8 Å². The average Bonchev–Trinajstić information content (AvgIpc) is 2.62. The van der Waals surface area contributed by atoms with E-state index in [0.717, 1.165) is 0 Å². The maximum atomic E-state index is 12.2. The molecule has 0 saturated carbocycles. The largest absolute Gasteiger partial charge is 0.482 e. The molecule has 3 N–H and O–H groups in total. The summed E-state index contributed by atoms with van der Waals surface area (Å²) in [6, 6.07) is 11.5. The molecule has 26 heavy (non-hydrogen) atoms. The molecule has 0 aliphatic carbocycles. The molecule has 2 aromatic rings. The molecule has 7 heteroatoms. The molecule has 2 aromatic carbocycles. The second-order valence-electron chi connectivity index (χ2n) is 5.58. The monoisotopic (exact) mass is 375 g/mol. The molecule has 0 unspecified atom stereocenters. The van der Waals surface area contributed by atoms with Crippen LogP contribution >= 0.6 is 11.6 Å². The number of anilines is 2. The van der Waals surface area contributed by atoms with E-state index >= 15 is 0 Å². The number of nitrogens with one attached hydrogen (secondary N) is 1. The van der Waals surface area contributed by atoms with Crippen LogP contribution in [0.5, 0.6) is 5.75 Å². The summed E-state index contributed by atoms with van der Waals surface area (Å²) < 4.78 is 5.49. The lowest BCUT2D eigenvalue weighted by Crippen LogP contribution is -2.34. The standard InChI is InChI=1S/C19H22ClN3O3/c1-3-23(4-2)18(24)12-26-17-9-8-15(11-16(17)20)22-19(25)13-6-5-7-14(21)10-13/h5-11H,3-4,12,21H2,1-2H3,(H,22,25). The fourth-order valence-corrected chi connectivity index (χ4v) is 2.62. The third-order valence-corrected chi connectivity index (χ3v) is 4.10. The molecule has 2 rings (SSSR count). The number of carbonyl (C=O) groups is 2. The van der Waals surface area contributed by atoms with Gasteiger partial charge in [-0.2, -0.15) is 0 Å². The number of halogens is 1. The first-order chi connectivity index (χ1) is 12.4. The van der Waals surface area contributed by atoms with Crippen molar-refractivity contribution in [1.82, 2.24) is 4.90 Å². The van der Waals surface area contributed by atoms with Gasteiger partial charge in [0.1, 0.15) is 5.75 Å². The van der Waals surface area contributed by atoms with Crippen LogP contribution in [0.15, 0.2) is 42.5 Å².